The molecular weight excluding hydrogens is 325 g/mol. The molecule has 7 heteroatoms. The van der Waals surface area contributed by atoms with Crippen LogP contribution in [0.25, 0.3) is 0 Å². The van der Waals surface area contributed by atoms with E-state index in [2.05, 4.69) is 9.97 Å². The second kappa shape index (κ2) is 7.24. The van der Waals surface area contributed by atoms with E-state index < -0.39 is 0 Å². The van der Waals surface area contributed by atoms with Gasteiger partial charge in [-0.25, -0.2) is 9.97 Å². The molecular formula is C10H5Cl5N2. The van der Waals surface area contributed by atoms with Crippen LogP contribution in [0.2, 0.25) is 25.5 Å². The van der Waals surface area contributed by atoms with Crippen molar-refractivity contribution in [1.29, 1.82) is 0 Å². The van der Waals surface area contributed by atoms with Gasteiger partial charge in [0.2, 0.25) is 0 Å². The Morgan fingerprint density at radius 1 is 0.765 bits per heavy atom. The van der Waals surface area contributed by atoms with Crippen molar-refractivity contribution in [2.75, 3.05) is 0 Å². The van der Waals surface area contributed by atoms with Gasteiger partial charge in [0.15, 0.2) is 0 Å². The zero-order valence-corrected chi connectivity index (χ0v) is 12.0. The maximum atomic E-state index is 5.53. The topological polar surface area (TPSA) is 25.8 Å². The van der Waals surface area contributed by atoms with Gasteiger partial charge in [0.1, 0.15) is 15.5 Å². The van der Waals surface area contributed by atoms with Crippen molar-refractivity contribution in [3.63, 3.8) is 0 Å². The molecule has 0 radical (unpaired) electrons. The first kappa shape index (κ1) is 14.8. The molecule has 0 atom stereocenters. The molecule has 17 heavy (non-hydrogen) atoms. The van der Waals surface area contributed by atoms with E-state index >= 15 is 0 Å². The van der Waals surface area contributed by atoms with Crippen LogP contribution in [0.1, 0.15) is 0 Å². The van der Waals surface area contributed by atoms with Crippen LogP contribution in [0.4, 0.5) is 0 Å². The van der Waals surface area contributed by atoms with E-state index in [1.165, 1.54) is 0 Å². The predicted octanol–water partition coefficient (Wildman–Crippen LogP) is 5.43. The van der Waals surface area contributed by atoms with E-state index in [0.29, 0.717) is 20.4 Å². The first-order valence-corrected chi connectivity index (χ1v) is 6.13. The van der Waals surface area contributed by atoms with Crippen LogP contribution in [0.15, 0.2) is 30.5 Å². The lowest BCUT2D eigenvalue weighted by atomic mass is 10.5. The maximum Gasteiger partial charge on any atom is 0.149 e. The minimum absolute atomic E-state index is 0.240. The van der Waals surface area contributed by atoms with Crippen molar-refractivity contribution in [2.24, 2.45) is 0 Å². The van der Waals surface area contributed by atoms with Crippen molar-refractivity contribution in [2.45, 2.75) is 0 Å². The third-order valence-electron chi connectivity index (χ3n) is 1.48. The Bertz CT molecular complexity index is 483. The summed E-state index contributed by atoms with van der Waals surface area (Å²) in [6, 6.07) is 6.60. The third-order valence-corrected chi connectivity index (χ3v) is 3.09. The van der Waals surface area contributed by atoms with Crippen LogP contribution in [-0.2, 0) is 0 Å². The van der Waals surface area contributed by atoms with E-state index in [1.54, 1.807) is 30.5 Å². The number of nitrogens with zero attached hydrogens (tertiary/aromatic N) is 2. The number of aromatic nitrogens is 2. The Kier molecular flexibility index (Phi) is 6.31. The number of hydrogen-bond donors (Lipinski definition) is 0. The van der Waals surface area contributed by atoms with Crippen molar-refractivity contribution >= 4 is 58.0 Å². The molecule has 0 saturated heterocycles. The fourth-order valence-corrected chi connectivity index (χ4v) is 1.45. The van der Waals surface area contributed by atoms with Crippen molar-refractivity contribution in [3.8, 4) is 0 Å². The fourth-order valence-electron chi connectivity index (χ4n) is 0.762. The summed E-state index contributed by atoms with van der Waals surface area (Å²) in [6.07, 6.45) is 1.59. The third kappa shape index (κ3) is 5.28. The molecule has 0 saturated carbocycles. The first-order valence-electron chi connectivity index (χ1n) is 4.24. The molecule has 0 fully saturated rings. The van der Waals surface area contributed by atoms with Crippen LogP contribution >= 0.6 is 58.0 Å². The Morgan fingerprint density at radius 2 is 1.41 bits per heavy atom. The average Bonchev–Trinajstić information content (AvgIpc) is 2.29. The van der Waals surface area contributed by atoms with Gasteiger partial charge < -0.3 is 0 Å². The summed E-state index contributed by atoms with van der Waals surface area (Å²) in [6.45, 7) is 0. The molecule has 0 aromatic carbocycles. The summed E-state index contributed by atoms with van der Waals surface area (Å²) in [7, 11) is 0. The second-order valence-corrected chi connectivity index (χ2v) is 4.60. The van der Waals surface area contributed by atoms with E-state index in [9.17, 15) is 0 Å². The summed E-state index contributed by atoms with van der Waals surface area (Å²) >= 11 is 27.5. The van der Waals surface area contributed by atoms with Crippen molar-refractivity contribution in [1.82, 2.24) is 9.97 Å². The molecule has 2 rings (SSSR count). The molecule has 0 unspecified atom stereocenters. The smallest absolute Gasteiger partial charge is 0.149 e. The lowest BCUT2D eigenvalue weighted by molar-refractivity contribution is 1.33. The normalized spacial score (nSPS) is 9.47. The molecule has 0 aliphatic heterocycles. The highest BCUT2D eigenvalue weighted by Crippen LogP contribution is 2.20. The average molecular weight is 330 g/mol. The van der Waals surface area contributed by atoms with Gasteiger partial charge in [0, 0.05) is 6.20 Å². The maximum absolute atomic E-state index is 5.53. The zero-order chi connectivity index (χ0) is 12.8. The molecule has 2 nitrogen and oxygen atoms in total. The molecule has 2 aromatic rings. The molecule has 0 aliphatic rings. The Balaban J connectivity index is 0.000000171. The van der Waals surface area contributed by atoms with Gasteiger partial charge in [-0.15, -0.1) is 0 Å². The lowest BCUT2D eigenvalue weighted by Crippen LogP contribution is -1.75. The molecule has 0 bridgehead atoms. The van der Waals surface area contributed by atoms with Crippen molar-refractivity contribution < 1.29 is 0 Å². The van der Waals surface area contributed by atoms with Gasteiger partial charge in [-0.05, 0) is 24.3 Å². The molecule has 90 valence electrons. The molecule has 2 heterocycles. The van der Waals surface area contributed by atoms with Gasteiger partial charge in [-0.1, -0.05) is 58.0 Å². The van der Waals surface area contributed by atoms with E-state index in [0.717, 1.165) is 0 Å². The fraction of sp³-hybridized carbons (Fsp3) is 0. The Labute approximate surface area is 123 Å². The molecule has 0 spiro atoms. The first-order chi connectivity index (χ1) is 8.00. The highest BCUT2D eigenvalue weighted by molar-refractivity contribution is 6.42. The summed E-state index contributed by atoms with van der Waals surface area (Å²) in [5, 5.41) is 1.86. The summed E-state index contributed by atoms with van der Waals surface area (Å²) < 4.78 is 0. The quantitative estimate of drug-likeness (QED) is 0.602. The van der Waals surface area contributed by atoms with Gasteiger partial charge in [0.05, 0.1) is 10.0 Å². The van der Waals surface area contributed by atoms with Crippen LogP contribution < -0.4 is 0 Å². The van der Waals surface area contributed by atoms with Gasteiger partial charge in [-0.2, -0.15) is 0 Å². The van der Waals surface area contributed by atoms with E-state index in [4.69, 9.17) is 58.0 Å². The minimum Gasteiger partial charge on any atom is -0.243 e. The number of pyridine rings is 2. The second-order valence-electron chi connectivity index (χ2n) is 2.68. The number of rotatable bonds is 0. The largest absolute Gasteiger partial charge is 0.243 e. The van der Waals surface area contributed by atoms with Crippen LogP contribution in [0, 0.1) is 0 Å². The van der Waals surface area contributed by atoms with Crippen molar-refractivity contribution in [3.05, 3.63) is 56.0 Å². The summed E-state index contributed by atoms with van der Waals surface area (Å²) in [4.78, 5) is 7.38. The molecule has 0 aliphatic carbocycles. The Morgan fingerprint density at radius 3 is 1.82 bits per heavy atom. The minimum atomic E-state index is 0.240. The molecule has 2 aromatic heterocycles. The van der Waals surface area contributed by atoms with Crippen LogP contribution in [0.5, 0.6) is 0 Å². The SMILES string of the molecule is Clc1ccc(Cl)c(Cl)n1.Clc1cccnc1Cl. The standard InChI is InChI=1S/C5H2Cl3N.C5H3Cl2N/c6-3-1-2-4(7)9-5(3)8;6-4-2-1-3-8-5(4)7/h1-2H;1-3H. The van der Waals surface area contributed by atoms with Gasteiger partial charge in [0.25, 0.3) is 0 Å². The van der Waals surface area contributed by atoms with Gasteiger partial charge >= 0.3 is 0 Å². The zero-order valence-electron chi connectivity index (χ0n) is 8.17. The molecule has 0 N–H and O–H groups in total. The molecule has 0 amide bonds. The summed E-state index contributed by atoms with van der Waals surface area (Å²) in [5.74, 6) is 0. The predicted molar refractivity (Wildman–Crippen MR) is 73.5 cm³/mol. The Hall–Kier alpha value is -0.250. The van der Waals surface area contributed by atoms with E-state index in [-0.39, 0.29) is 5.15 Å². The van der Waals surface area contributed by atoms with E-state index in [1.807, 2.05) is 0 Å². The highest BCUT2D eigenvalue weighted by atomic mass is 35.5. The van der Waals surface area contributed by atoms with Crippen LogP contribution in [0.3, 0.4) is 0 Å². The number of hydrogen-bond acceptors (Lipinski definition) is 2. The monoisotopic (exact) mass is 328 g/mol. The lowest BCUT2D eigenvalue weighted by Gasteiger charge is -1.91. The highest BCUT2D eigenvalue weighted by Gasteiger charge is 1.96. The summed E-state index contributed by atoms with van der Waals surface area (Å²) in [5.41, 5.74) is 0. The number of halogens is 5. The van der Waals surface area contributed by atoms with Gasteiger partial charge in [-0.3, -0.25) is 0 Å². The van der Waals surface area contributed by atoms with Crippen LogP contribution in [-0.4, -0.2) is 9.97 Å².